The predicted octanol–water partition coefficient (Wildman–Crippen LogP) is 7.61. The van der Waals surface area contributed by atoms with Crippen molar-refractivity contribution in [1.29, 1.82) is 0 Å². The van der Waals surface area contributed by atoms with Crippen molar-refractivity contribution in [2.45, 2.75) is 53.9 Å². The molecule has 0 spiro atoms. The van der Waals surface area contributed by atoms with E-state index in [-0.39, 0.29) is 0 Å². The Morgan fingerprint density at radius 3 is 2.03 bits per heavy atom. The van der Waals surface area contributed by atoms with E-state index >= 15 is 0 Å². The Kier molecular flexibility index (Phi) is 5.09. The van der Waals surface area contributed by atoms with Gasteiger partial charge in [-0.1, -0.05) is 13.3 Å². The van der Waals surface area contributed by atoms with Gasteiger partial charge in [0.25, 0.3) is 0 Å². The number of hydrogen-bond donors (Lipinski definition) is 2. The minimum absolute atomic E-state index is 0.969. The number of aryl methyl sites for hydroxylation is 2. The molecule has 3 aromatic heterocycles. The van der Waals surface area contributed by atoms with Crippen molar-refractivity contribution in [2.75, 3.05) is 0 Å². The van der Waals surface area contributed by atoms with Crippen LogP contribution in [0.5, 0.6) is 0 Å². The van der Waals surface area contributed by atoms with Crippen LogP contribution in [-0.4, -0.2) is 19.9 Å². The minimum atomic E-state index is 0.969. The number of aromatic amines is 2. The first-order chi connectivity index (χ1) is 15.4. The number of nitrogens with one attached hydrogen (secondary N) is 2. The normalized spacial score (nSPS) is 13.6. The molecule has 0 radical (unpaired) electrons. The molecule has 3 aromatic rings. The zero-order valence-electron chi connectivity index (χ0n) is 19.6. The third kappa shape index (κ3) is 3.70. The molecule has 0 fully saturated rings. The van der Waals surface area contributed by atoms with E-state index in [4.69, 9.17) is 9.97 Å². The Balaban J connectivity index is 1.86. The predicted molar refractivity (Wildman–Crippen MR) is 136 cm³/mol. The molecule has 8 bridgehead atoms. The van der Waals surface area contributed by atoms with Gasteiger partial charge in [0.15, 0.2) is 0 Å². The molecule has 4 heteroatoms. The van der Waals surface area contributed by atoms with Crippen LogP contribution in [0.3, 0.4) is 0 Å². The molecule has 0 amide bonds. The Morgan fingerprint density at radius 2 is 1.38 bits per heavy atom. The van der Waals surface area contributed by atoms with E-state index in [2.05, 4.69) is 87.1 Å². The van der Waals surface area contributed by atoms with Crippen molar-refractivity contribution < 1.29 is 0 Å². The number of allylic oxidation sites excluding steroid dienone is 3. The number of unbranched alkanes of at least 4 members (excludes halogenated alkanes) is 1. The molecule has 162 valence electrons. The van der Waals surface area contributed by atoms with Gasteiger partial charge in [0.05, 0.1) is 22.8 Å². The van der Waals surface area contributed by atoms with E-state index in [1.54, 1.807) is 0 Å². The molecule has 0 atom stereocenters. The fraction of sp³-hybridized carbons (Fsp3) is 0.286. The maximum atomic E-state index is 5.06. The maximum absolute atomic E-state index is 5.06. The van der Waals surface area contributed by atoms with Gasteiger partial charge in [-0.25, -0.2) is 9.97 Å². The topological polar surface area (TPSA) is 57.4 Å². The highest BCUT2D eigenvalue weighted by atomic mass is 14.8. The van der Waals surface area contributed by atoms with Gasteiger partial charge >= 0.3 is 0 Å². The summed E-state index contributed by atoms with van der Waals surface area (Å²) < 4.78 is 0. The zero-order chi connectivity index (χ0) is 22.4. The molecule has 0 aliphatic carbocycles. The van der Waals surface area contributed by atoms with Crippen LogP contribution in [-0.2, 0) is 0 Å². The molecular weight excluding hydrogens is 392 g/mol. The first kappa shape index (κ1) is 20.5. The van der Waals surface area contributed by atoms with Gasteiger partial charge in [-0.2, -0.15) is 0 Å². The Hall–Kier alpha value is -3.40. The number of H-pyrrole nitrogens is 2. The average molecular weight is 423 g/mol. The fourth-order valence-electron chi connectivity index (χ4n) is 4.57. The van der Waals surface area contributed by atoms with E-state index in [9.17, 15) is 0 Å². The van der Waals surface area contributed by atoms with Gasteiger partial charge < -0.3 is 9.97 Å². The first-order valence-corrected chi connectivity index (χ1v) is 11.5. The Bertz CT molecular complexity index is 1440. The summed E-state index contributed by atoms with van der Waals surface area (Å²) in [7, 11) is 0. The van der Waals surface area contributed by atoms with Crippen LogP contribution in [0.1, 0.15) is 73.9 Å². The second-order valence-electron chi connectivity index (χ2n) is 9.06. The second kappa shape index (κ2) is 7.94. The molecular formula is C28H30N4. The quantitative estimate of drug-likeness (QED) is 0.456. The third-order valence-corrected chi connectivity index (χ3v) is 6.49. The third-order valence-electron chi connectivity index (χ3n) is 6.49. The van der Waals surface area contributed by atoms with Crippen molar-refractivity contribution in [1.82, 2.24) is 19.9 Å². The lowest BCUT2D eigenvalue weighted by Gasteiger charge is -2.03. The number of rotatable bonds is 3. The monoisotopic (exact) mass is 422 g/mol. The Morgan fingerprint density at radius 1 is 0.719 bits per heavy atom. The van der Waals surface area contributed by atoms with Gasteiger partial charge in [-0.3, -0.25) is 0 Å². The smallest absolute Gasteiger partial charge is 0.0693 e. The minimum Gasteiger partial charge on any atom is -0.355 e. The summed E-state index contributed by atoms with van der Waals surface area (Å²) in [6.07, 6.45) is 5.53. The molecule has 0 aromatic carbocycles. The lowest BCUT2D eigenvalue weighted by Crippen LogP contribution is -1.85. The summed E-state index contributed by atoms with van der Waals surface area (Å²) in [4.78, 5) is 17.1. The average Bonchev–Trinajstić information content (AvgIpc) is 3.44. The SMILES string of the molecule is CCCCC1=C(C)c2cc3[nH]c(cc3C)cc3cc(C)c(cc4nc(cc1n2)C=C4C)[nH]3. The molecule has 32 heavy (non-hydrogen) atoms. The zero-order valence-corrected chi connectivity index (χ0v) is 19.6. The van der Waals surface area contributed by atoms with E-state index < -0.39 is 0 Å². The van der Waals surface area contributed by atoms with Crippen molar-refractivity contribution in [2.24, 2.45) is 0 Å². The van der Waals surface area contributed by atoms with Gasteiger partial charge in [0, 0.05) is 22.1 Å². The van der Waals surface area contributed by atoms with Crippen molar-refractivity contribution >= 4 is 44.9 Å². The van der Waals surface area contributed by atoms with Crippen molar-refractivity contribution in [3.8, 4) is 0 Å². The van der Waals surface area contributed by atoms with Crippen LogP contribution < -0.4 is 0 Å². The number of hydrogen-bond acceptors (Lipinski definition) is 2. The lowest BCUT2D eigenvalue weighted by molar-refractivity contribution is 0.824. The molecule has 0 saturated carbocycles. The van der Waals surface area contributed by atoms with Crippen LogP contribution in [0.4, 0.5) is 0 Å². The van der Waals surface area contributed by atoms with Crippen LogP contribution in [0, 0.1) is 13.8 Å². The van der Waals surface area contributed by atoms with Gasteiger partial charge in [0.1, 0.15) is 0 Å². The number of nitrogens with zero attached hydrogens (tertiary/aromatic N) is 2. The highest BCUT2D eigenvalue weighted by Gasteiger charge is 2.17. The summed E-state index contributed by atoms with van der Waals surface area (Å²) in [5.74, 6) is 0. The number of aromatic nitrogens is 4. The van der Waals surface area contributed by atoms with Crippen LogP contribution in [0.25, 0.3) is 44.9 Å². The van der Waals surface area contributed by atoms with E-state index in [1.807, 2.05) is 0 Å². The second-order valence-corrected chi connectivity index (χ2v) is 9.06. The molecule has 2 aliphatic heterocycles. The highest BCUT2D eigenvalue weighted by molar-refractivity contribution is 5.93. The van der Waals surface area contributed by atoms with Crippen LogP contribution >= 0.6 is 0 Å². The fourth-order valence-corrected chi connectivity index (χ4v) is 4.57. The molecule has 4 nitrogen and oxygen atoms in total. The van der Waals surface area contributed by atoms with Crippen molar-refractivity contribution in [3.05, 3.63) is 70.3 Å². The van der Waals surface area contributed by atoms with Crippen LogP contribution in [0.2, 0.25) is 0 Å². The maximum Gasteiger partial charge on any atom is 0.0693 e. The summed E-state index contributed by atoms with van der Waals surface area (Å²) in [6, 6.07) is 13.0. The van der Waals surface area contributed by atoms with Crippen LogP contribution in [0.15, 0.2) is 36.4 Å². The van der Waals surface area contributed by atoms with Gasteiger partial charge in [-0.15, -0.1) is 0 Å². The summed E-state index contributed by atoms with van der Waals surface area (Å²) in [5.41, 5.74) is 14.6. The van der Waals surface area contributed by atoms with E-state index in [1.165, 1.54) is 34.3 Å². The number of fused-ring (bicyclic) bond motifs is 8. The first-order valence-electron chi connectivity index (χ1n) is 11.5. The summed E-state index contributed by atoms with van der Waals surface area (Å²) in [6.45, 7) is 10.8. The van der Waals surface area contributed by atoms with Crippen molar-refractivity contribution in [3.63, 3.8) is 0 Å². The largest absolute Gasteiger partial charge is 0.355 e. The molecule has 5 heterocycles. The Labute approximate surface area is 189 Å². The van der Waals surface area contributed by atoms with E-state index in [0.717, 1.165) is 57.7 Å². The highest BCUT2D eigenvalue weighted by Crippen LogP contribution is 2.34. The van der Waals surface area contributed by atoms with E-state index in [0.29, 0.717) is 0 Å². The molecule has 0 saturated heterocycles. The molecule has 0 unspecified atom stereocenters. The molecule has 2 N–H and O–H groups in total. The van der Waals surface area contributed by atoms with Gasteiger partial charge in [0.2, 0.25) is 0 Å². The van der Waals surface area contributed by atoms with Gasteiger partial charge in [-0.05, 0) is 111 Å². The lowest BCUT2D eigenvalue weighted by atomic mass is 10.0. The molecule has 5 rings (SSSR count). The molecule has 2 aliphatic rings. The summed E-state index contributed by atoms with van der Waals surface area (Å²) >= 11 is 0. The standard InChI is InChI=1S/C28H30N4/c1-6-7-8-23-19(5)27-15-26-17(3)10-21(30-26)12-20-9-16(2)24(29-20)14-25-18(4)11-22(31-25)13-28(23)32-27/h9-15,29-30H,6-8H2,1-5H3. The summed E-state index contributed by atoms with van der Waals surface area (Å²) in [5, 5.41) is 0.